The minimum Gasteiger partial charge on any atom is -0.390 e. The van der Waals surface area contributed by atoms with Gasteiger partial charge < -0.3 is 14.8 Å². The quantitative estimate of drug-likeness (QED) is 0.406. The molecule has 2 N–H and O–H groups in total. The molecule has 1 aromatic heterocycles. The number of aromatic nitrogens is 2. The topological polar surface area (TPSA) is 107 Å². The lowest BCUT2D eigenvalue weighted by molar-refractivity contribution is 0.0173. The van der Waals surface area contributed by atoms with E-state index in [-0.39, 0.29) is 6.54 Å². The second kappa shape index (κ2) is 4.61. The minimum atomic E-state index is -1.14. The van der Waals surface area contributed by atoms with Crippen molar-refractivity contribution >= 4 is 0 Å². The molecule has 0 saturated heterocycles. The summed E-state index contributed by atoms with van der Waals surface area (Å²) in [6.45, 7) is -0.176. The molecular formula is C7H11N5O2. The molecule has 0 saturated carbocycles. The summed E-state index contributed by atoms with van der Waals surface area (Å²) in [5.41, 5.74) is 8.03. The largest absolute Gasteiger partial charge is 0.390 e. The molecule has 14 heavy (non-hydrogen) atoms. The maximum Gasteiger partial charge on any atom is 0.140 e. The Balaban J connectivity index is 2.69. The summed E-state index contributed by atoms with van der Waals surface area (Å²) in [6, 6.07) is 0. The standard InChI is InChI=1S/C7H11N5O2/c1-12-3-2-9-7(12)6(14)5(13)4-10-11-8/h2-3,5-6,13-14H,4H2,1H3. The van der Waals surface area contributed by atoms with Crippen molar-refractivity contribution in [1.82, 2.24) is 9.55 Å². The van der Waals surface area contributed by atoms with Gasteiger partial charge in [0.2, 0.25) is 0 Å². The highest BCUT2D eigenvalue weighted by Crippen LogP contribution is 2.14. The van der Waals surface area contributed by atoms with Crippen molar-refractivity contribution in [2.24, 2.45) is 12.2 Å². The summed E-state index contributed by atoms with van der Waals surface area (Å²) in [7, 11) is 1.70. The average Bonchev–Trinajstić information content (AvgIpc) is 2.59. The van der Waals surface area contributed by atoms with Crippen LogP contribution >= 0.6 is 0 Å². The molecule has 1 heterocycles. The third kappa shape index (κ3) is 2.23. The summed E-state index contributed by atoms with van der Waals surface area (Å²) in [4.78, 5) is 6.35. The van der Waals surface area contributed by atoms with E-state index in [9.17, 15) is 10.2 Å². The van der Waals surface area contributed by atoms with E-state index in [1.165, 1.54) is 6.20 Å². The maximum atomic E-state index is 9.57. The molecule has 2 unspecified atom stereocenters. The molecule has 7 heteroatoms. The zero-order valence-electron chi connectivity index (χ0n) is 7.65. The Morgan fingerprint density at radius 3 is 2.93 bits per heavy atom. The second-order valence-electron chi connectivity index (χ2n) is 2.82. The van der Waals surface area contributed by atoms with Gasteiger partial charge in [-0.1, -0.05) is 5.11 Å². The fraction of sp³-hybridized carbons (Fsp3) is 0.571. The van der Waals surface area contributed by atoms with Crippen molar-refractivity contribution in [3.8, 4) is 0 Å². The lowest BCUT2D eigenvalue weighted by Crippen LogP contribution is -2.23. The monoisotopic (exact) mass is 197 g/mol. The van der Waals surface area contributed by atoms with Crippen LogP contribution in [0.1, 0.15) is 11.9 Å². The molecule has 1 rings (SSSR count). The van der Waals surface area contributed by atoms with E-state index >= 15 is 0 Å². The van der Waals surface area contributed by atoms with E-state index in [0.29, 0.717) is 5.82 Å². The predicted octanol–water partition coefficient (Wildman–Crippen LogP) is 0.125. The van der Waals surface area contributed by atoms with Gasteiger partial charge in [-0.2, -0.15) is 0 Å². The molecule has 0 spiro atoms. The SMILES string of the molecule is Cn1ccnc1C(O)C(O)CN=[N+]=[N-]. The first-order chi connectivity index (χ1) is 6.66. The molecule has 7 nitrogen and oxygen atoms in total. The Bertz CT molecular complexity index is 344. The first-order valence-corrected chi connectivity index (χ1v) is 4.01. The Labute approximate surface area is 80.3 Å². The van der Waals surface area contributed by atoms with Crippen molar-refractivity contribution in [1.29, 1.82) is 0 Å². The minimum absolute atomic E-state index is 0.176. The van der Waals surface area contributed by atoms with Crippen molar-refractivity contribution < 1.29 is 10.2 Å². The van der Waals surface area contributed by atoms with Gasteiger partial charge in [-0.3, -0.25) is 0 Å². The first-order valence-electron chi connectivity index (χ1n) is 4.01. The summed E-state index contributed by atoms with van der Waals surface area (Å²) < 4.78 is 1.59. The Hall–Kier alpha value is -1.56. The zero-order chi connectivity index (χ0) is 10.6. The van der Waals surface area contributed by atoms with Gasteiger partial charge in [-0.15, -0.1) is 0 Å². The van der Waals surface area contributed by atoms with E-state index in [2.05, 4.69) is 15.0 Å². The van der Waals surface area contributed by atoms with E-state index in [0.717, 1.165) is 0 Å². The number of hydrogen-bond donors (Lipinski definition) is 2. The van der Waals surface area contributed by atoms with Crippen LogP contribution in [0.15, 0.2) is 17.5 Å². The highest BCUT2D eigenvalue weighted by molar-refractivity contribution is 4.98. The van der Waals surface area contributed by atoms with E-state index in [4.69, 9.17) is 5.53 Å². The second-order valence-corrected chi connectivity index (χ2v) is 2.82. The number of rotatable bonds is 4. The lowest BCUT2D eigenvalue weighted by atomic mass is 10.2. The molecule has 0 fully saturated rings. The van der Waals surface area contributed by atoms with Gasteiger partial charge in [-0.25, -0.2) is 4.98 Å². The number of imidazole rings is 1. The van der Waals surface area contributed by atoms with E-state index < -0.39 is 12.2 Å². The van der Waals surface area contributed by atoms with Gasteiger partial charge in [0.25, 0.3) is 0 Å². The molecule has 0 bridgehead atoms. The number of aliphatic hydroxyl groups excluding tert-OH is 2. The molecule has 0 radical (unpaired) electrons. The molecule has 0 aliphatic carbocycles. The number of hydrogen-bond acceptors (Lipinski definition) is 4. The van der Waals surface area contributed by atoms with Gasteiger partial charge in [0, 0.05) is 24.4 Å². The van der Waals surface area contributed by atoms with Gasteiger partial charge >= 0.3 is 0 Å². The van der Waals surface area contributed by atoms with E-state index in [1.54, 1.807) is 17.8 Å². The fourth-order valence-electron chi connectivity index (χ4n) is 1.05. The molecule has 0 aliphatic heterocycles. The van der Waals surface area contributed by atoms with Crippen LogP contribution in [0.4, 0.5) is 0 Å². The van der Waals surface area contributed by atoms with Crippen LogP contribution in [0.5, 0.6) is 0 Å². The lowest BCUT2D eigenvalue weighted by Gasteiger charge is -2.15. The van der Waals surface area contributed by atoms with Crippen molar-refractivity contribution in [3.05, 3.63) is 28.7 Å². The van der Waals surface area contributed by atoms with Crippen LogP contribution < -0.4 is 0 Å². The van der Waals surface area contributed by atoms with Crippen molar-refractivity contribution in [3.63, 3.8) is 0 Å². The highest BCUT2D eigenvalue weighted by Gasteiger charge is 2.20. The molecule has 0 aliphatic rings. The van der Waals surface area contributed by atoms with E-state index in [1.807, 2.05) is 0 Å². The maximum absolute atomic E-state index is 9.57. The number of azide groups is 1. The van der Waals surface area contributed by atoms with Gasteiger partial charge in [0.05, 0.1) is 12.6 Å². The molecule has 1 aromatic rings. The van der Waals surface area contributed by atoms with Crippen LogP contribution in [-0.4, -0.2) is 32.4 Å². The smallest absolute Gasteiger partial charge is 0.140 e. The van der Waals surface area contributed by atoms with Crippen LogP contribution in [-0.2, 0) is 7.05 Å². The molecule has 76 valence electrons. The molecular weight excluding hydrogens is 186 g/mol. The van der Waals surface area contributed by atoms with Crippen LogP contribution in [0.25, 0.3) is 10.4 Å². The average molecular weight is 197 g/mol. The van der Waals surface area contributed by atoms with Gasteiger partial charge in [0.1, 0.15) is 11.9 Å². The number of nitrogens with zero attached hydrogens (tertiary/aromatic N) is 5. The Kier molecular flexibility index (Phi) is 3.47. The number of aryl methyl sites for hydroxylation is 1. The van der Waals surface area contributed by atoms with Gasteiger partial charge in [-0.05, 0) is 5.53 Å². The zero-order valence-corrected chi connectivity index (χ0v) is 7.65. The highest BCUT2D eigenvalue weighted by atomic mass is 16.3. The van der Waals surface area contributed by atoms with Gasteiger partial charge in [0.15, 0.2) is 0 Å². The summed E-state index contributed by atoms with van der Waals surface area (Å²) >= 11 is 0. The molecule has 0 amide bonds. The predicted molar refractivity (Wildman–Crippen MR) is 48.2 cm³/mol. The Morgan fingerprint density at radius 1 is 1.71 bits per heavy atom. The third-order valence-corrected chi connectivity index (χ3v) is 1.82. The first kappa shape index (κ1) is 10.5. The van der Waals surface area contributed by atoms with Crippen LogP contribution in [0.3, 0.4) is 0 Å². The van der Waals surface area contributed by atoms with Crippen molar-refractivity contribution in [2.75, 3.05) is 6.54 Å². The summed E-state index contributed by atoms with van der Waals surface area (Å²) in [5, 5.41) is 22.1. The van der Waals surface area contributed by atoms with Crippen LogP contribution in [0.2, 0.25) is 0 Å². The molecule has 0 aromatic carbocycles. The normalized spacial score (nSPS) is 14.5. The number of aliphatic hydroxyl groups is 2. The Morgan fingerprint density at radius 2 is 2.43 bits per heavy atom. The molecule has 2 atom stereocenters. The van der Waals surface area contributed by atoms with Crippen molar-refractivity contribution in [2.45, 2.75) is 12.2 Å². The van der Waals surface area contributed by atoms with Crippen LogP contribution in [0, 0.1) is 0 Å². The third-order valence-electron chi connectivity index (χ3n) is 1.82. The fourth-order valence-corrected chi connectivity index (χ4v) is 1.05. The summed E-state index contributed by atoms with van der Waals surface area (Å²) in [5.74, 6) is 0.339. The summed E-state index contributed by atoms with van der Waals surface area (Å²) in [6.07, 6.45) is 0.894.